The quantitative estimate of drug-likeness (QED) is 0.731. The molecular formula is C18H14ClN3O3S. The third kappa shape index (κ3) is 2.69. The Bertz CT molecular complexity index is 1130. The largest absolute Gasteiger partial charge is 0.321 e. The summed E-state index contributed by atoms with van der Waals surface area (Å²) >= 11 is 5.85. The third-order valence-corrected chi connectivity index (χ3v) is 6.22. The van der Waals surface area contributed by atoms with E-state index in [-0.39, 0.29) is 16.3 Å². The summed E-state index contributed by atoms with van der Waals surface area (Å²) in [6.45, 7) is 0. The van der Waals surface area contributed by atoms with Gasteiger partial charge in [0.1, 0.15) is 0 Å². The molecule has 2 aromatic carbocycles. The zero-order chi connectivity index (χ0) is 18.5. The van der Waals surface area contributed by atoms with Crippen LogP contribution in [0.1, 0.15) is 16.1 Å². The predicted molar refractivity (Wildman–Crippen MR) is 98.9 cm³/mol. The van der Waals surface area contributed by atoms with Crippen LogP contribution in [-0.2, 0) is 22.6 Å². The first-order valence-corrected chi connectivity index (χ1v) is 9.85. The Morgan fingerprint density at radius 1 is 1.15 bits per heavy atom. The van der Waals surface area contributed by atoms with E-state index in [1.165, 1.54) is 0 Å². The van der Waals surface area contributed by atoms with Crippen LogP contribution in [0, 0.1) is 0 Å². The molecule has 0 fully saturated rings. The van der Waals surface area contributed by atoms with Gasteiger partial charge >= 0.3 is 0 Å². The van der Waals surface area contributed by atoms with Crippen molar-refractivity contribution in [2.75, 3.05) is 5.32 Å². The lowest BCUT2D eigenvalue weighted by molar-refractivity contribution is 0.102. The summed E-state index contributed by atoms with van der Waals surface area (Å²) in [5.74, 6) is -0.713. The molecule has 0 spiro atoms. The molecule has 3 aromatic rings. The number of nitrogens with one attached hydrogen (secondary N) is 1. The molecule has 1 amide bonds. The molecule has 1 aromatic heterocycles. The minimum absolute atomic E-state index is 0.107. The molecule has 0 bridgehead atoms. The van der Waals surface area contributed by atoms with Crippen LogP contribution in [0.25, 0.3) is 11.3 Å². The van der Waals surface area contributed by atoms with E-state index in [0.717, 1.165) is 0 Å². The molecular weight excluding hydrogens is 374 g/mol. The molecule has 4 rings (SSSR count). The number of hydrogen-bond donors (Lipinski definition) is 1. The van der Waals surface area contributed by atoms with E-state index in [2.05, 4.69) is 10.4 Å². The Balaban J connectivity index is 1.80. The summed E-state index contributed by atoms with van der Waals surface area (Å²) in [6, 6.07) is 13.4. The number of carbonyl (C=O) groups excluding carboxylic acids is 1. The second-order valence-electron chi connectivity index (χ2n) is 6.02. The van der Waals surface area contributed by atoms with Crippen LogP contribution in [0.3, 0.4) is 0 Å². The van der Waals surface area contributed by atoms with Crippen LogP contribution in [0.5, 0.6) is 0 Å². The topological polar surface area (TPSA) is 81.1 Å². The molecule has 2 heterocycles. The Morgan fingerprint density at radius 3 is 2.58 bits per heavy atom. The Morgan fingerprint density at radius 2 is 1.85 bits per heavy atom. The van der Waals surface area contributed by atoms with Crippen LogP contribution >= 0.6 is 11.6 Å². The number of anilines is 1. The van der Waals surface area contributed by atoms with Gasteiger partial charge in [0.15, 0.2) is 15.5 Å². The molecule has 26 heavy (non-hydrogen) atoms. The lowest BCUT2D eigenvalue weighted by Crippen LogP contribution is -2.18. The van der Waals surface area contributed by atoms with Crippen LogP contribution in [0.15, 0.2) is 53.4 Å². The molecule has 0 atom stereocenters. The maximum Gasteiger partial charge on any atom is 0.276 e. The van der Waals surface area contributed by atoms with Gasteiger partial charge in [0.2, 0.25) is 0 Å². The molecule has 1 N–H and O–H groups in total. The zero-order valence-corrected chi connectivity index (χ0v) is 15.3. The second kappa shape index (κ2) is 5.96. The van der Waals surface area contributed by atoms with Crippen molar-refractivity contribution in [1.82, 2.24) is 9.78 Å². The maximum absolute atomic E-state index is 12.7. The molecule has 0 radical (unpaired) electrons. The SMILES string of the molecule is Cn1nc(C(=O)Nc2ccc(Cl)cc2)c2c1-c1ccccc1S(=O)(=O)C2. The van der Waals surface area contributed by atoms with Crippen molar-refractivity contribution in [3.8, 4) is 11.3 Å². The van der Waals surface area contributed by atoms with E-state index < -0.39 is 15.7 Å². The van der Waals surface area contributed by atoms with E-state index in [4.69, 9.17) is 11.6 Å². The van der Waals surface area contributed by atoms with Gasteiger partial charge in [-0.05, 0) is 30.3 Å². The van der Waals surface area contributed by atoms with Gasteiger partial charge in [0, 0.05) is 28.9 Å². The number of aromatic nitrogens is 2. The Kier molecular flexibility index (Phi) is 3.86. The lowest BCUT2D eigenvalue weighted by Gasteiger charge is -2.18. The second-order valence-corrected chi connectivity index (χ2v) is 8.41. The van der Waals surface area contributed by atoms with E-state index in [9.17, 15) is 13.2 Å². The van der Waals surface area contributed by atoms with Crippen LogP contribution in [0.2, 0.25) is 5.02 Å². The molecule has 6 nitrogen and oxygen atoms in total. The van der Waals surface area contributed by atoms with E-state index in [1.807, 2.05) is 0 Å². The molecule has 8 heteroatoms. The van der Waals surface area contributed by atoms with E-state index in [1.54, 1.807) is 60.3 Å². The molecule has 1 aliphatic heterocycles. The van der Waals surface area contributed by atoms with Crippen molar-refractivity contribution in [2.24, 2.45) is 7.05 Å². The van der Waals surface area contributed by atoms with Crippen molar-refractivity contribution in [3.63, 3.8) is 0 Å². The van der Waals surface area contributed by atoms with Crippen molar-refractivity contribution in [3.05, 3.63) is 64.8 Å². The summed E-state index contributed by atoms with van der Waals surface area (Å²) in [7, 11) is -1.83. The van der Waals surface area contributed by atoms with Gasteiger partial charge in [0.25, 0.3) is 5.91 Å². The first kappa shape index (κ1) is 16.8. The van der Waals surface area contributed by atoms with Gasteiger partial charge in [-0.1, -0.05) is 29.8 Å². The average Bonchev–Trinajstić information content (AvgIpc) is 2.93. The highest BCUT2D eigenvalue weighted by Crippen LogP contribution is 2.39. The Labute approximate surface area is 155 Å². The fourth-order valence-corrected chi connectivity index (χ4v) is 4.87. The minimum Gasteiger partial charge on any atom is -0.321 e. The fraction of sp³-hybridized carbons (Fsp3) is 0.111. The number of amides is 1. The predicted octanol–water partition coefficient (Wildman–Crippen LogP) is 3.28. The number of rotatable bonds is 2. The van der Waals surface area contributed by atoms with Crippen molar-refractivity contribution < 1.29 is 13.2 Å². The number of benzene rings is 2. The van der Waals surface area contributed by atoms with Crippen LogP contribution < -0.4 is 5.32 Å². The summed E-state index contributed by atoms with van der Waals surface area (Å²) in [6.07, 6.45) is 0. The molecule has 132 valence electrons. The van der Waals surface area contributed by atoms with Crippen molar-refractivity contribution >= 4 is 33.0 Å². The lowest BCUT2D eigenvalue weighted by atomic mass is 10.1. The first-order valence-electron chi connectivity index (χ1n) is 7.82. The minimum atomic E-state index is -3.53. The van der Waals surface area contributed by atoms with Gasteiger partial charge in [-0.3, -0.25) is 9.48 Å². The van der Waals surface area contributed by atoms with Gasteiger partial charge < -0.3 is 5.32 Å². The number of nitrogens with zero attached hydrogens (tertiary/aromatic N) is 2. The molecule has 0 unspecified atom stereocenters. The number of sulfone groups is 1. The summed E-state index contributed by atoms with van der Waals surface area (Å²) in [5.41, 5.74) is 2.29. The normalized spacial score (nSPS) is 14.4. The van der Waals surface area contributed by atoms with Gasteiger partial charge in [-0.25, -0.2) is 8.42 Å². The highest BCUT2D eigenvalue weighted by atomic mass is 35.5. The van der Waals surface area contributed by atoms with Crippen LogP contribution in [-0.4, -0.2) is 24.1 Å². The fourth-order valence-electron chi connectivity index (χ4n) is 3.15. The molecule has 0 aliphatic carbocycles. The summed E-state index contributed by atoms with van der Waals surface area (Å²) in [4.78, 5) is 13.0. The van der Waals surface area contributed by atoms with Crippen LogP contribution in [0.4, 0.5) is 5.69 Å². The molecule has 1 aliphatic rings. The number of aryl methyl sites for hydroxylation is 1. The first-order chi connectivity index (χ1) is 12.4. The standard InChI is InChI=1S/C18H14ClN3O3S/c1-22-17-13-4-2-3-5-15(13)26(24,25)10-14(17)16(21-22)18(23)20-12-8-6-11(19)7-9-12/h2-9H,10H2,1H3,(H,20,23). The van der Waals surface area contributed by atoms with Gasteiger partial charge in [-0.15, -0.1) is 0 Å². The zero-order valence-electron chi connectivity index (χ0n) is 13.7. The monoisotopic (exact) mass is 387 g/mol. The van der Waals surface area contributed by atoms with E-state index in [0.29, 0.717) is 27.5 Å². The number of carbonyl (C=O) groups is 1. The number of halogens is 1. The summed E-state index contributed by atoms with van der Waals surface area (Å²) < 4.78 is 26.8. The van der Waals surface area contributed by atoms with E-state index >= 15 is 0 Å². The highest BCUT2D eigenvalue weighted by molar-refractivity contribution is 7.90. The average molecular weight is 388 g/mol. The Hall–Kier alpha value is -2.64. The van der Waals surface area contributed by atoms with Crippen molar-refractivity contribution in [2.45, 2.75) is 10.6 Å². The number of fused-ring (bicyclic) bond motifs is 3. The third-order valence-electron chi connectivity index (χ3n) is 4.27. The highest BCUT2D eigenvalue weighted by Gasteiger charge is 2.34. The maximum atomic E-state index is 12.7. The molecule has 0 saturated heterocycles. The summed E-state index contributed by atoms with van der Waals surface area (Å²) in [5, 5.41) is 7.57. The number of hydrogen-bond acceptors (Lipinski definition) is 4. The van der Waals surface area contributed by atoms with Gasteiger partial charge in [-0.2, -0.15) is 5.10 Å². The smallest absolute Gasteiger partial charge is 0.276 e. The van der Waals surface area contributed by atoms with Crippen molar-refractivity contribution in [1.29, 1.82) is 0 Å². The molecule has 0 saturated carbocycles. The van der Waals surface area contributed by atoms with Gasteiger partial charge in [0.05, 0.1) is 16.3 Å².